The Morgan fingerprint density at radius 2 is 2.27 bits per heavy atom. The Morgan fingerprint density at radius 3 is 2.93 bits per heavy atom. The Morgan fingerprint density at radius 1 is 1.47 bits per heavy atom. The summed E-state index contributed by atoms with van der Waals surface area (Å²) in [5, 5.41) is 0. The van der Waals surface area contributed by atoms with Gasteiger partial charge in [-0.15, -0.1) is 0 Å². The fourth-order valence-electron chi connectivity index (χ4n) is 1.47. The maximum absolute atomic E-state index is 13.0. The summed E-state index contributed by atoms with van der Waals surface area (Å²) >= 11 is 0. The molecule has 0 atom stereocenters. The molecule has 0 aliphatic carbocycles. The van der Waals surface area contributed by atoms with Crippen molar-refractivity contribution < 1.29 is 4.39 Å². The maximum Gasteiger partial charge on any atom is 0.200 e. The van der Waals surface area contributed by atoms with Crippen LogP contribution in [0.3, 0.4) is 0 Å². The maximum atomic E-state index is 13.0. The van der Waals surface area contributed by atoms with E-state index in [0.29, 0.717) is 12.5 Å². The smallest absolute Gasteiger partial charge is 0.200 e. The number of hydrogen-bond donors (Lipinski definition) is 1. The van der Waals surface area contributed by atoms with E-state index in [4.69, 9.17) is 5.73 Å². The van der Waals surface area contributed by atoms with Gasteiger partial charge >= 0.3 is 0 Å². The number of aromatic nitrogens is 2. The summed E-state index contributed by atoms with van der Waals surface area (Å²) in [5.41, 5.74) is 7.60. The molecule has 2 N–H and O–H groups in total. The molecular weight excluding hydrogens is 193 g/mol. The lowest BCUT2D eigenvalue weighted by Crippen LogP contribution is -2.05. The number of aryl methyl sites for hydroxylation is 1. The molecule has 0 amide bonds. The zero-order valence-electron chi connectivity index (χ0n) is 8.44. The molecule has 0 aliphatic rings. The number of halogens is 1. The molecule has 78 valence electrons. The van der Waals surface area contributed by atoms with Crippen LogP contribution in [0.5, 0.6) is 0 Å². The molecule has 0 unspecified atom stereocenters. The number of rotatable bonds is 2. The number of hydrogen-bond acceptors (Lipinski definition) is 2. The third-order valence-corrected chi connectivity index (χ3v) is 2.40. The minimum absolute atomic E-state index is 0.228. The van der Waals surface area contributed by atoms with Gasteiger partial charge in [0, 0.05) is 12.4 Å². The van der Waals surface area contributed by atoms with Gasteiger partial charge in [-0.3, -0.25) is 0 Å². The normalized spacial score (nSPS) is 10.5. The van der Waals surface area contributed by atoms with E-state index in [1.807, 2.05) is 6.92 Å². The Bertz CT molecular complexity index is 476. The Labute approximate surface area is 87.4 Å². The molecule has 0 saturated carbocycles. The van der Waals surface area contributed by atoms with E-state index in [9.17, 15) is 4.39 Å². The zero-order chi connectivity index (χ0) is 10.8. The van der Waals surface area contributed by atoms with Crippen LogP contribution in [0, 0.1) is 12.7 Å². The van der Waals surface area contributed by atoms with Gasteiger partial charge in [-0.1, -0.05) is 6.07 Å². The van der Waals surface area contributed by atoms with Crippen LogP contribution < -0.4 is 5.73 Å². The summed E-state index contributed by atoms with van der Waals surface area (Å²) in [6.45, 7) is 2.50. The molecule has 1 aromatic heterocycles. The molecule has 0 saturated heterocycles. The monoisotopic (exact) mass is 205 g/mol. The average molecular weight is 205 g/mol. The first kappa shape index (κ1) is 9.71. The lowest BCUT2D eigenvalue weighted by molar-refractivity contribution is 0.623. The molecular formula is C11H12FN3. The minimum atomic E-state index is -0.228. The molecule has 0 radical (unpaired) electrons. The molecule has 15 heavy (non-hydrogen) atoms. The van der Waals surface area contributed by atoms with Crippen molar-refractivity contribution in [3.8, 4) is 0 Å². The van der Waals surface area contributed by atoms with Crippen LogP contribution in [0.4, 0.5) is 10.3 Å². The highest BCUT2D eigenvalue weighted by Gasteiger charge is 2.03. The van der Waals surface area contributed by atoms with E-state index < -0.39 is 0 Å². The predicted molar refractivity (Wildman–Crippen MR) is 56.9 cm³/mol. The highest BCUT2D eigenvalue weighted by molar-refractivity contribution is 5.29. The summed E-state index contributed by atoms with van der Waals surface area (Å²) < 4.78 is 14.8. The Hall–Kier alpha value is -1.84. The van der Waals surface area contributed by atoms with Crippen molar-refractivity contribution in [3.05, 3.63) is 47.5 Å². The topological polar surface area (TPSA) is 43.8 Å². The fourth-order valence-corrected chi connectivity index (χ4v) is 1.47. The average Bonchev–Trinajstić information content (AvgIpc) is 2.58. The number of nitrogens with two attached hydrogens (primary N) is 1. The first-order valence-corrected chi connectivity index (χ1v) is 4.68. The van der Waals surface area contributed by atoms with Gasteiger partial charge in [0.25, 0.3) is 0 Å². The van der Waals surface area contributed by atoms with Gasteiger partial charge in [0.1, 0.15) is 5.82 Å². The van der Waals surface area contributed by atoms with E-state index >= 15 is 0 Å². The van der Waals surface area contributed by atoms with Gasteiger partial charge in [0.05, 0.1) is 6.54 Å². The molecule has 1 heterocycles. The second-order valence-electron chi connectivity index (χ2n) is 3.48. The van der Waals surface area contributed by atoms with Crippen LogP contribution in [0.1, 0.15) is 11.1 Å². The molecule has 0 aliphatic heterocycles. The summed E-state index contributed by atoms with van der Waals surface area (Å²) in [4.78, 5) is 3.91. The van der Waals surface area contributed by atoms with E-state index in [0.717, 1.165) is 11.1 Å². The third-order valence-electron chi connectivity index (χ3n) is 2.40. The molecule has 2 aromatic rings. The Kier molecular flexibility index (Phi) is 2.41. The highest BCUT2D eigenvalue weighted by Crippen LogP contribution is 2.13. The quantitative estimate of drug-likeness (QED) is 0.814. The number of benzene rings is 1. The van der Waals surface area contributed by atoms with Crippen LogP contribution in [0.25, 0.3) is 0 Å². The van der Waals surface area contributed by atoms with E-state index in [1.165, 1.54) is 12.1 Å². The summed E-state index contributed by atoms with van der Waals surface area (Å²) in [6.07, 6.45) is 3.41. The van der Waals surface area contributed by atoms with Gasteiger partial charge in [-0.25, -0.2) is 9.37 Å². The SMILES string of the molecule is Cc1ccc(F)cc1Cn1ccnc1N. The fraction of sp³-hybridized carbons (Fsp3) is 0.182. The van der Waals surface area contributed by atoms with Crippen molar-refractivity contribution >= 4 is 5.95 Å². The molecule has 0 fully saturated rings. The third kappa shape index (κ3) is 1.98. The van der Waals surface area contributed by atoms with Gasteiger partial charge in [-0.05, 0) is 30.2 Å². The van der Waals surface area contributed by atoms with Crippen molar-refractivity contribution in [1.82, 2.24) is 9.55 Å². The molecule has 0 spiro atoms. The van der Waals surface area contributed by atoms with Crippen molar-refractivity contribution in [1.29, 1.82) is 0 Å². The van der Waals surface area contributed by atoms with Crippen molar-refractivity contribution in [2.24, 2.45) is 0 Å². The largest absolute Gasteiger partial charge is 0.369 e. The molecule has 3 nitrogen and oxygen atoms in total. The number of nitrogens with zero attached hydrogens (tertiary/aromatic N) is 2. The highest BCUT2D eigenvalue weighted by atomic mass is 19.1. The van der Waals surface area contributed by atoms with Gasteiger partial charge < -0.3 is 10.3 Å². The number of imidazole rings is 1. The van der Waals surface area contributed by atoms with Crippen LogP contribution in [0.15, 0.2) is 30.6 Å². The molecule has 4 heteroatoms. The van der Waals surface area contributed by atoms with E-state index in [1.54, 1.807) is 23.0 Å². The van der Waals surface area contributed by atoms with Gasteiger partial charge in [-0.2, -0.15) is 0 Å². The first-order chi connectivity index (χ1) is 7.16. The zero-order valence-corrected chi connectivity index (χ0v) is 8.44. The van der Waals surface area contributed by atoms with Crippen molar-refractivity contribution in [2.75, 3.05) is 5.73 Å². The second kappa shape index (κ2) is 3.73. The first-order valence-electron chi connectivity index (χ1n) is 4.68. The summed E-state index contributed by atoms with van der Waals surface area (Å²) in [7, 11) is 0. The number of nitrogen functional groups attached to an aromatic ring is 1. The van der Waals surface area contributed by atoms with E-state index in [-0.39, 0.29) is 5.82 Å². The van der Waals surface area contributed by atoms with Crippen LogP contribution in [0.2, 0.25) is 0 Å². The van der Waals surface area contributed by atoms with Gasteiger partial charge in [0.15, 0.2) is 5.95 Å². The molecule has 0 bridgehead atoms. The molecule has 2 rings (SSSR count). The van der Waals surface area contributed by atoms with Crippen molar-refractivity contribution in [3.63, 3.8) is 0 Å². The minimum Gasteiger partial charge on any atom is -0.369 e. The van der Waals surface area contributed by atoms with Crippen LogP contribution in [-0.4, -0.2) is 9.55 Å². The lowest BCUT2D eigenvalue weighted by atomic mass is 10.1. The Balaban J connectivity index is 2.32. The molecule has 1 aromatic carbocycles. The predicted octanol–water partition coefficient (Wildman–Crippen LogP) is 1.96. The van der Waals surface area contributed by atoms with Gasteiger partial charge in [0.2, 0.25) is 0 Å². The van der Waals surface area contributed by atoms with Crippen molar-refractivity contribution in [2.45, 2.75) is 13.5 Å². The second-order valence-corrected chi connectivity index (χ2v) is 3.48. The number of anilines is 1. The summed E-state index contributed by atoms with van der Waals surface area (Å²) in [6, 6.07) is 4.74. The van der Waals surface area contributed by atoms with E-state index in [2.05, 4.69) is 4.98 Å². The van der Waals surface area contributed by atoms with Crippen LogP contribution >= 0.6 is 0 Å². The lowest BCUT2D eigenvalue weighted by Gasteiger charge is -2.07. The standard InChI is InChI=1S/C11H12FN3/c1-8-2-3-10(12)6-9(8)7-15-5-4-14-11(15)13/h2-6H,7H2,1H3,(H2,13,14). The summed E-state index contributed by atoms with van der Waals surface area (Å²) in [5.74, 6) is 0.216. The van der Waals surface area contributed by atoms with Crippen LogP contribution in [-0.2, 0) is 6.54 Å².